The van der Waals surface area contributed by atoms with Gasteiger partial charge in [0, 0.05) is 24.2 Å². The van der Waals surface area contributed by atoms with Gasteiger partial charge < -0.3 is 19.6 Å². The van der Waals surface area contributed by atoms with Crippen molar-refractivity contribution in [1.29, 1.82) is 0 Å². The van der Waals surface area contributed by atoms with E-state index >= 15 is 0 Å². The number of rotatable bonds is 10. The lowest BCUT2D eigenvalue weighted by molar-refractivity contribution is -0.384. The predicted molar refractivity (Wildman–Crippen MR) is 147 cm³/mol. The van der Waals surface area contributed by atoms with Crippen molar-refractivity contribution in [1.82, 2.24) is 9.80 Å². The summed E-state index contributed by atoms with van der Waals surface area (Å²) in [4.78, 5) is 40.4. The number of hydrogen-bond donors (Lipinski definition) is 1. The molecule has 0 spiro atoms. The first-order chi connectivity index (χ1) is 18.7. The van der Waals surface area contributed by atoms with Gasteiger partial charge in [0.2, 0.25) is 0 Å². The largest absolute Gasteiger partial charge is 0.507 e. The van der Waals surface area contributed by atoms with Gasteiger partial charge >= 0.3 is 0 Å². The van der Waals surface area contributed by atoms with Crippen molar-refractivity contribution in [3.63, 3.8) is 0 Å². The van der Waals surface area contributed by atoms with Crippen LogP contribution in [0.1, 0.15) is 34.7 Å². The van der Waals surface area contributed by atoms with Gasteiger partial charge in [-0.3, -0.25) is 19.7 Å². The van der Waals surface area contributed by atoms with E-state index in [1.165, 1.54) is 29.2 Å². The Balaban J connectivity index is 1.69. The van der Waals surface area contributed by atoms with E-state index < -0.39 is 22.7 Å². The standard InChI is InChI=1S/C30H31N3O6/c1-20-18-23(12-15-25(20)39-19-21-8-5-4-6-9-21)28(34)26-27(22-10-13-24(14-11-22)33(37)38)32(30(36)29(26)35)17-7-16-31(2)3/h4-6,8-15,18,27,34H,7,16-17,19H2,1-3H3/b28-26+/t27-/m0/s1. The molecule has 0 aromatic heterocycles. The van der Waals surface area contributed by atoms with Crippen LogP contribution >= 0.6 is 0 Å². The van der Waals surface area contributed by atoms with E-state index in [0.29, 0.717) is 36.4 Å². The first-order valence-electron chi connectivity index (χ1n) is 12.6. The Labute approximate surface area is 227 Å². The van der Waals surface area contributed by atoms with E-state index in [4.69, 9.17) is 4.74 Å². The van der Waals surface area contributed by atoms with Crippen LogP contribution in [0.3, 0.4) is 0 Å². The summed E-state index contributed by atoms with van der Waals surface area (Å²) in [6.45, 7) is 3.20. The summed E-state index contributed by atoms with van der Waals surface area (Å²) in [6, 6.07) is 19.6. The molecule has 202 valence electrons. The van der Waals surface area contributed by atoms with E-state index in [9.17, 15) is 24.8 Å². The Hall–Kier alpha value is -4.50. The van der Waals surface area contributed by atoms with Gasteiger partial charge in [-0.05, 0) is 81.0 Å². The number of nitro benzene ring substituents is 1. The second-order valence-corrected chi connectivity index (χ2v) is 9.75. The summed E-state index contributed by atoms with van der Waals surface area (Å²) in [7, 11) is 3.83. The van der Waals surface area contributed by atoms with E-state index in [2.05, 4.69) is 0 Å². The minimum Gasteiger partial charge on any atom is -0.507 e. The van der Waals surface area contributed by atoms with E-state index in [1.54, 1.807) is 18.2 Å². The van der Waals surface area contributed by atoms with Gasteiger partial charge in [0.1, 0.15) is 18.1 Å². The highest BCUT2D eigenvalue weighted by atomic mass is 16.6. The minimum absolute atomic E-state index is 0.0453. The molecular weight excluding hydrogens is 498 g/mol. The molecule has 0 aliphatic carbocycles. The molecule has 1 aliphatic rings. The van der Waals surface area contributed by atoms with Gasteiger partial charge in [-0.2, -0.15) is 0 Å². The van der Waals surface area contributed by atoms with E-state index in [0.717, 1.165) is 11.1 Å². The number of Topliss-reactive ketones (excluding diaryl/α,β-unsaturated/α-hetero) is 1. The molecule has 1 saturated heterocycles. The van der Waals surface area contributed by atoms with Crippen molar-refractivity contribution in [2.75, 3.05) is 27.2 Å². The Bertz CT molecular complexity index is 1400. The highest BCUT2D eigenvalue weighted by molar-refractivity contribution is 6.46. The average Bonchev–Trinajstić information content (AvgIpc) is 3.17. The molecule has 9 nitrogen and oxygen atoms in total. The predicted octanol–water partition coefficient (Wildman–Crippen LogP) is 4.86. The lowest BCUT2D eigenvalue weighted by atomic mass is 9.94. The number of ether oxygens (including phenoxy) is 1. The topological polar surface area (TPSA) is 113 Å². The molecule has 9 heteroatoms. The number of carbonyl (C=O) groups excluding carboxylic acids is 2. The van der Waals surface area contributed by atoms with Crippen LogP contribution in [-0.4, -0.2) is 58.7 Å². The van der Waals surface area contributed by atoms with Gasteiger partial charge in [0.05, 0.1) is 16.5 Å². The van der Waals surface area contributed by atoms with Crippen LogP contribution in [0.25, 0.3) is 5.76 Å². The number of carbonyl (C=O) groups is 2. The molecule has 0 saturated carbocycles. The number of aliphatic hydroxyl groups excluding tert-OH is 1. The van der Waals surface area contributed by atoms with Gasteiger partial charge in [0.25, 0.3) is 17.4 Å². The number of non-ortho nitro benzene ring substituents is 1. The molecule has 4 rings (SSSR count). The number of nitrogens with zero attached hydrogens (tertiary/aromatic N) is 3. The average molecular weight is 530 g/mol. The normalized spacial score (nSPS) is 16.6. The number of ketones is 1. The molecular formula is C30H31N3O6. The molecule has 1 atom stereocenters. The second kappa shape index (κ2) is 11.9. The third kappa shape index (κ3) is 6.15. The summed E-state index contributed by atoms with van der Waals surface area (Å²) in [5, 5.41) is 22.5. The van der Waals surface area contributed by atoms with Crippen LogP contribution in [0.5, 0.6) is 5.75 Å². The third-order valence-electron chi connectivity index (χ3n) is 6.65. The monoisotopic (exact) mass is 529 g/mol. The summed E-state index contributed by atoms with van der Waals surface area (Å²) in [5.74, 6) is -1.17. The van der Waals surface area contributed by atoms with Crippen LogP contribution in [-0.2, 0) is 16.2 Å². The molecule has 3 aromatic rings. The maximum absolute atomic E-state index is 13.2. The molecule has 1 amide bonds. The van der Waals surface area contributed by atoms with E-state index in [-0.39, 0.29) is 23.6 Å². The molecule has 0 unspecified atom stereocenters. The maximum atomic E-state index is 13.2. The van der Waals surface area contributed by atoms with Crippen molar-refractivity contribution < 1.29 is 24.4 Å². The molecule has 1 fully saturated rings. The highest BCUT2D eigenvalue weighted by Gasteiger charge is 2.45. The fourth-order valence-electron chi connectivity index (χ4n) is 4.64. The molecule has 0 radical (unpaired) electrons. The fourth-order valence-corrected chi connectivity index (χ4v) is 4.64. The van der Waals surface area contributed by atoms with Gasteiger partial charge in [0.15, 0.2) is 0 Å². The highest BCUT2D eigenvalue weighted by Crippen LogP contribution is 2.40. The molecule has 0 bridgehead atoms. The van der Waals surface area contributed by atoms with Crippen LogP contribution in [0.4, 0.5) is 5.69 Å². The van der Waals surface area contributed by atoms with Crippen molar-refractivity contribution in [2.45, 2.75) is 26.0 Å². The lowest BCUT2D eigenvalue weighted by Gasteiger charge is -2.26. The first-order valence-corrected chi connectivity index (χ1v) is 12.6. The summed E-state index contributed by atoms with van der Waals surface area (Å²) in [6.07, 6.45) is 0.607. The van der Waals surface area contributed by atoms with Gasteiger partial charge in [-0.25, -0.2) is 0 Å². The second-order valence-electron chi connectivity index (χ2n) is 9.75. The van der Waals surface area contributed by atoms with Crippen molar-refractivity contribution in [3.05, 3.63) is 111 Å². The van der Waals surface area contributed by atoms with Crippen LogP contribution in [0, 0.1) is 17.0 Å². The number of hydrogen-bond acceptors (Lipinski definition) is 7. The first kappa shape index (κ1) is 27.5. The Kier molecular flexibility index (Phi) is 8.41. The molecule has 39 heavy (non-hydrogen) atoms. The number of nitro groups is 1. The van der Waals surface area contributed by atoms with Gasteiger partial charge in [-0.1, -0.05) is 30.3 Å². The fraction of sp³-hybridized carbons (Fsp3) is 0.267. The summed E-state index contributed by atoms with van der Waals surface area (Å²) in [5.41, 5.74) is 2.49. The SMILES string of the molecule is Cc1cc(/C(O)=C2\C(=O)C(=O)N(CCCN(C)C)[C@H]2c2ccc([N+](=O)[O-])cc2)ccc1OCc1ccccc1. The Morgan fingerprint density at radius 1 is 1.05 bits per heavy atom. The number of likely N-dealkylation sites (tertiary alicyclic amines) is 1. The zero-order valence-corrected chi connectivity index (χ0v) is 22.2. The number of aliphatic hydroxyl groups is 1. The lowest BCUT2D eigenvalue weighted by Crippen LogP contribution is -2.32. The smallest absolute Gasteiger partial charge is 0.295 e. The molecule has 1 N–H and O–H groups in total. The van der Waals surface area contributed by atoms with Crippen molar-refractivity contribution >= 4 is 23.1 Å². The number of aryl methyl sites for hydroxylation is 1. The quantitative estimate of drug-likeness (QED) is 0.131. The zero-order chi connectivity index (χ0) is 28.1. The third-order valence-corrected chi connectivity index (χ3v) is 6.65. The minimum atomic E-state index is -0.873. The van der Waals surface area contributed by atoms with E-state index in [1.807, 2.05) is 56.3 Å². The summed E-state index contributed by atoms with van der Waals surface area (Å²) >= 11 is 0. The molecule has 3 aromatic carbocycles. The van der Waals surface area contributed by atoms with Crippen LogP contribution in [0.2, 0.25) is 0 Å². The van der Waals surface area contributed by atoms with Crippen molar-refractivity contribution in [3.8, 4) is 5.75 Å². The number of benzene rings is 3. The molecule has 1 heterocycles. The van der Waals surface area contributed by atoms with Gasteiger partial charge in [-0.15, -0.1) is 0 Å². The van der Waals surface area contributed by atoms with Crippen LogP contribution < -0.4 is 4.74 Å². The Morgan fingerprint density at radius 3 is 2.36 bits per heavy atom. The zero-order valence-electron chi connectivity index (χ0n) is 22.2. The van der Waals surface area contributed by atoms with Crippen molar-refractivity contribution in [2.24, 2.45) is 0 Å². The number of amides is 1. The summed E-state index contributed by atoms with van der Waals surface area (Å²) < 4.78 is 5.94. The van der Waals surface area contributed by atoms with Crippen LogP contribution in [0.15, 0.2) is 78.4 Å². The molecule has 1 aliphatic heterocycles. The maximum Gasteiger partial charge on any atom is 0.295 e. The Morgan fingerprint density at radius 2 is 1.74 bits per heavy atom.